The molecule has 1 atom stereocenters. The summed E-state index contributed by atoms with van der Waals surface area (Å²) >= 11 is 0. The lowest BCUT2D eigenvalue weighted by Gasteiger charge is -2.16. The summed E-state index contributed by atoms with van der Waals surface area (Å²) in [5.74, 6) is -0.704. The number of hydrogen-bond donors (Lipinski definition) is 1. The minimum absolute atomic E-state index is 0.137. The lowest BCUT2D eigenvalue weighted by molar-refractivity contribution is -0.129. The first kappa shape index (κ1) is 8.70. The molecule has 1 N–H and O–H groups in total. The fraction of sp³-hybridized carbons (Fsp3) is 0.571. The van der Waals surface area contributed by atoms with Gasteiger partial charge in [-0.3, -0.25) is 14.5 Å². The van der Waals surface area contributed by atoms with Crippen LogP contribution in [-0.2, 0) is 9.59 Å². The number of nitrogens with zero attached hydrogens (tertiary/aromatic N) is 1. The summed E-state index contributed by atoms with van der Waals surface area (Å²) in [7, 11) is 0. The molecule has 66 valence electrons. The summed E-state index contributed by atoms with van der Waals surface area (Å²) in [6.07, 6.45) is -1.06. The SMILES string of the molecule is CC(=O)[C@H]1C(=O)CCN1C(=O)O. The molecule has 0 spiro atoms. The maximum absolute atomic E-state index is 11.0. The summed E-state index contributed by atoms with van der Waals surface area (Å²) in [4.78, 5) is 33.2. The number of hydrogen-bond acceptors (Lipinski definition) is 3. The Morgan fingerprint density at radius 1 is 1.58 bits per heavy atom. The molecule has 0 unspecified atom stereocenters. The zero-order valence-electron chi connectivity index (χ0n) is 6.61. The molecule has 0 radical (unpaired) electrons. The highest BCUT2D eigenvalue weighted by atomic mass is 16.4. The van der Waals surface area contributed by atoms with E-state index >= 15 is 0 Å². The number of amides is 1. The van der Waals surface area contributed by atoms with Crippen LogP contribution in [0.2, 0.25) is 0 Å². The fourth-order valence-electron chi connectivity index (χ4n) is 1.32. The summed E-state index contributed by atoms with van der Waals surface area (Å²) in [5, 5.41) is 8.57. The maximum Gasteiger partial charge on any atom is 0.408 e. The molecular formula is C7H9NO4. The van der Waals surface area contributed by atoms with Crippen molar-refractivity contribution in [1.82, 2.24) is 4.90 Å². The van der Waals surface area contributed by atoms with Gasteiger partial charge < -0.3 is 5.11 Å². The van der Waals surface area contributed by atoms with E-state index in [2.05, 4.69) is 0 Å². The van der Waals surface area contributed by atoms with Crippen LogP contribution in [0.4, 0.5) is 4.79 Å². The highest BCUT2D eigenvalue weighted by molar-refractivity contribution is 6.08. The van der Waals surface area contributed by atoms with Gasteiger partial charge in [0, 0.05) is 13.0 Å². The van der Waals surface area contributed by atoms with Crippen LogP contribution >= 0.6 is 0 Å². The van der Waals surface area contributed by atoms with Gasteiger partial charge >= 0.3 is 6.09 Å². The van der Waals surface area contributed by atoms with Crippen molar-refractivity contribution in [1.29, 1.82) is 0 Å². The topological polar surface area (TPSA) is 74.7 Å². The summed E-state index contributed by atoms with van der Waals surface area (Å²) in [5.41, 5.74) is 0. The number of ketones is 2. The molecule has 5 heteroatoms. The zero-order valence-corrected chi connectivity index (χ0v) is 6.61. The van der Waals surface area contributed by atoms with Crippen molar-refractivity contribution in [3.63, 3.8) is 0 Å². The standard InChI is InChI=1S/C7H9NO4/c1-4(9)6-5(10)2-3-8(6)7(11)12/h6H,2-3H2,1H3,(H,11,12)/t6-/m0/s1. The van der Waals surface area contributed by atoms with Gasteiger partial charge in [0.15, 0.2) is 17.6 Å². The third-order valence-corrected chi connectivity index (χ3v) is 1.85. The highest BCUT2D eigenvalue weighted by Gasteiger charge is 2.38. The Hall–Kier alpha value is -1.39. The smallest absolute Gasteiger partial charge is 0.408 e. The Bertz CT molecular complexity index is 248. The monoisotopic (exact) mass is 171 g/mol. The van der Waals surface area contributed by atoms with Crippen LogP contribution in [0.3, 0.4) is 0 Å². The molecular weight excluding hydrogens is 162 g/mol. The lowest BCUT2D eigenvalue weighted by Crippen LogP contribution is -2.41. The Morgan fingerprint density at radius 3 is 2.50 bits per heavy atom. The van der Waals surface area contributed by atoms with Crippen molar-refractivity contribution in [2.24, 2.45) is 0 Å². The summed E-state index contributed by atoms with van der Waals surface area (Å²) in [6, 6.07) is -1.05. The van der Waals surface area contributed by atoms with Gasteiger partial charge in [-0.1, -0.05) is 0 Å². The van der Waals surface area contributed by atoms with Crippen molar-refractivity contribution in [2.75, 3.05) is 6.54 Å². The van der Waals surface area contributed by atoms with Crippen molar-refractivity contribution in [2.45, 2.75) is 19.4 Å². The maximum atomic E-state index is 11.0. The van der Waals surface area contributed by atoms with Crippen LogP contribution < -0.4 is 0 Å². The van der Waals surface area contributed by atoms with E-state index in [1.807, 2.05) is 0 Å². The lowest BCUT2D eigenvalue weighted by atomic mass is 10.1. The van der Waals surface area contributed by atoms with Gasteiger partial charge in [0.05, 0.1) is 0 Å². The first-order valence-corrected chi connectivity index (χ1v) is 3.56. The van der Waals surface area contributed by atoms with E-state index in [-0.39, 0.29) is 18.7 Å². The second-order valence-corrected chi connectivity index (χ2v) is 2.71. The van der Waals surface area contributed by atoms with Crippen LogP contribution in [0.15, 0.2) is 0 Å². The molecule has 1 amide bonds. The van der Waals surface area contributed by atoms with E-state index in [1.54, 1.807) is 0 Å². The van der Waals surface area contributed by atoms with Crippen LogP contribution in [0.5, 0.6) is 0 Å². The van der Waals surface area contributed by atoms with Gasteiger partial charge in [-0.2, -0.15) is 0 Å². The van der Waals surface area contributed by atoms with Crippen molar-refractivity contribution in [3.8, 4) is 0 Å². The van der Waals surface area contributed by atoms with Crippen LogP contribution in [0.1, 0.15) is 13.3 Å². The number of Topliss-reactive ketones (excluding diaryl/α,β-unsaturated/α-hetero) is 2. The Balaban J connectivity index is 2.84. The van der Waals surface area contributed by atoms with Crippen LogP contribution in [-0.4, -0.2) is 40.3 Å². The minimum atomic E-state index is -1.21. The van der Waals surface area contributed by atoms with E-state index in [4.69, 9.17) is 5.11 Å². The van der Waals surface area contributed by atoms with E-state index in [0.29, 0.717) is 0 Å². The average molecular weight is 171 g/mol. The molecule has 0 aromatic rings. The number of carbonyl (C=O) groups is 3. The van der Waals surface area contributed by atoms with Crippen LogP contribution in [0, 0.1) is 0 Å². The van der Waals surface area contributed by atoms with Gasteiger partial charge in [0.25, 0.3) is 0 Å². The van der Waals surface area contributed by atoms with Crippen molar-refractivity contribution >= 4 is 17.7 Å². The van der Waals surface area contributed by atoms with Crippen molar-refractivity contribution < 1.29 is 19.5 Å². The van der Waals surface area contributed by atoms with Gasteiger partial charge in [-0.25, -0.2) is 4.79 Å². The molecule has 1 rings (SSSR count). The molecule has 5 nitrogen and oxygen atoms in total. The quantitative estimate of drug-likeness (QED) is 0.559. The van der Waals surface area contributed by atoms with E-state index in [1.165, 1.54) is 6.92 Å². The molecule has 1 aliphatic rings. The van der Waals surface area contributed by atoms with Crippen LogP contribution in [0.25, 0.3) is 0 Å². The molecule has 0 aromatic heterocycles. The third kappa shape index (κ3) is 1.30. The predicted octanol–water partition coefficient (Wildman–Crippen LogP) is -0.103. The molecule has 0 aromatic carbocycles. The summed E-state index contributed by atoms with van der Waals surface area (Å²) < 4.78 is 0. The summed E-state index contributed by atoms with van der Waals surface area (Å²) in [6.45, 7) is 1.36. The van der Waals surface area contributed by atoms with Gasteiger partial charge in [-0.15, -0.1) is 0 Å². The normalized spacial score (nSPS) is 22.9. The average Bonchev–Trinajstić information content (AvgIpc) is 2.30. The Morgan fingerprint density at radius 2 is 2.17 bits per heavy atom. The van der Waals surface area contributed by atoms with Gasteiger partial charge in [-0.05, 0) is 6.92 Å². The van der Waals surface area contributed by atoms with E-state index < -0.39 is 17.9 Å². The largest absolute Gasteiger partial charge is 0.465 e. The molecule has 1 fully saturated rings. The molecule has 1 saturated heterocycles. The molecule has 1 heterocycles. The third-order valence-electron chi connectivity index (χ3n) is 1.85. The molecule has 0 saturated carbocycles. The second kappa shape index (κ2) is 2.92. The second-order valence-electron chi connectivity index (χ2n) is 2.71. The van der Waals surface area contributed by atoms with Gasteiger partial charge in [0.1, 0.15) is 0 Å². The van der Waals surface area contributed by atoms with Crippen molar-refractivity contribution in [3.05, 3.63) is 0 Å². The van der Waals surface area contributed by atoms with Gasteiger partial charge in [0.2, 0.25) is 0 Å². The van der Waals surface area contributed by atoms with E-state index in [9.17, 15) is 14.4 Å². The minimum Gasteiger partial charge on any atom is -0.465 e. The molecule has 0 aliphatic carbocycles. The predicted molar refractivity (Wildman–Crippen MR) is 38.8 cm³/mol. The van der Waals surface area contributed by atoms with E-state index in [0.717, 1.165) is 4.90 Å². The molecule has 12 heavy (non-hydrogen) atoms. The zero-order chi connectivity index (χ0) is 9.30. The number of likely N-dealkylation sites (tertiary alicyclic amines) is 1. The Labute approximate surface area is 69.0 Å². The highest BCUT2D eigenvalue weighted by Crippen LogP contribution is 2.14. The first-order valence-electron chi connectivity index (χ1n) is 3.56. The number of rotatable bonds is 1. The fourth-order valence-corrected chi connectivity index (χ4v) is 1.32. The molecule has 1 aliphatic heterocycles. The number of carboxylic acid groups (broad SMARTS) is 1. The Kier molecular flexibility index (Phi) is 2.12. The molecule has 0 bridgehead atoms. The number of carbonyl (C=O) groups excluding carboxylic acids is 2. The first-order chi connectivity index (χ1) is 5.54.